The van der Waals surface area contributed by atoms with Crippen LogP contribution in [0.2, 0.25) is 0 Å². The number of amides is 2. The normalized spacial score (nSPS) is 16.2. The molecule has 1 N–H and O–H groups in total. The summed E-state index contributed by atoms with van der Waals surface area (Å²) in [4.78, 5) is 25.3. The third-order valence-corrected chi connectivity index (χ3v) is 3.50. The lowest BCUT2D eigenvalue weighted by atomic mass is 9.95. The van der Waals surface area contributed by atoms with Gasteiger partial charge < -0.3 is 10.2 Å². The number of nitrogens with one attached hydrogen (secondary N) is 1. The molecule has 0 radical (unpaired) electrons. The molecular formula is C14H17FN2O2. The second kappa shape index (κ2) is 5.82. The van der Waals surface area contributed by atoms with Gasteiger partial charge in [-0.05, 0) is 25.0 Å². The van der Waals surface area contributed by atoms with E-state index in [9.17, 15) is 14.0 Å². The van der Waals surface area contributed by atoms with Crippen molar-refractivity contribution in [3.63, 3.8) is 0 Å². The Hall–Kier alpha value is -1.91. The molecule has 2 amide bonds. The predicted octanol–water partition coefficient (Wildman–Crippen LogP) is 1.42. The number of rotatable bonds is 2. The molecule has 1 aliphatic rings. The van der Waals surface area contributed by atoms with Crippen molar-refractivity contribution in [1.82, 2.24) is 10.2 Å². The summed E-state index contributed by atoms with van der Waals surface area (Å²) >= 11 is 0. The molecule has 19 heavy (non-hydrogen) atoms. The number of benzene rings is 1. The lowest BCUT2D eigenvalue weighted by molar-refractivity contribution is -0.125. The van der Waals surface area contributed by atoms with Crippen LogP contribution >= 0.6 is 0 Å². The largest absolute Gasteiger partial charge is 0.359 e. The lowest BCUT2D eigenvalue weighted by Gasteiger charge is -2.31. The molecule has 0 bridgehead atoms. The first-order chi connectivity index (χ1) is 9.13. The van der Waals surface area contributed by atoms with Gasteiger partial charge in [-0.2, -0.15) is 0 Å². The van der Waals surface area contributed by atoms with Gasteiger partial charge in [0, 0.05) is 26.1 Å². The van der Waals surface area contributed by atoms with Gasteiger partial charge in [0.2, 0.25) is 5.91 Å². The first-order valence-corrected chi connectivity index (χ1v) is 6.39. The van der Waals surface area contributed by atoms with Gasteiger partial charge in [-0.1, -0.05) is 12.1 Å². The summed E-state index contributed by atoms with van der Waals surface area (Å²) in [6, 6.07) is 5.98. The van der Waals surface area contributed by atoms with Crippen LogP contribution in [0.3, 0.4) is 0 Å². The lowest BCUT2D eigenvalue weighted by Crippen LogP contribution is -2.42. The van der Waals surface area contributed by atoms with Crippen LogP contribution in [0.1, 0.15) is 23.2 Å². The van der Waals surface area contributed by atoms with Gasteiger partial charge in [0.05, 0.1) is 5.56 Å². The van der Waals surface area contributed by atoms with Crippen molar-refractivity contribution in [3.05, 3.63) is 35.6 Å². The first-order valence-electron chi connectivity index (χ1n) is 6.39. The highest BCUT2D eigenvalue weighted by Gasteiger charge is 2.28. The Morgan fingerprint density at radius 2 is 1.89 bits per heavy atom. The maximum Gasteiger partial charge on any atom is 0.256 e. The van der Waals surface area contributed by atoms with E-state index in [2.05, 4.69) is 5.32 Å². The fraction of sp³-hybridized carbons (Fsp3) is 0.429. The Labute approximate surface area is 111 Å². The summed E-state index contributed by atoms with van der Waals surface area (Å²) in [5, 5.41) is 2.62. The zero-order valence-electron chi connectivity index (χ0n) is 10.9. The molecule has 1 aromatic rings. The van der Waals surface area contributed by atoms with E-state index in [4.69, 9.17) is 0 Å². The molecule has 0 unspecified atom stereocenters. The van der Waals surface area contributed by atoms with Gasteiger partial charge >= 0.3 is 0 Å². The Balaban J connectivity index is 2.00. The number of carbonyl (C=O) groups excluding carboxylic acids is 2. The maximum atomic E-state index is 13.5. The van der Waals surface area contributed by atoms with Crippen LogP contribution < -0.4 is 5.32 Å². The summed E-state index contributed by atoms with van der Waals surface area (Å²) < 4.78 is 13.5. The standard InChI is InChI=1S/C14H17FN2O2/c1-16-13(18)10-6-8-17(9-7-10)14(19)11-4-2-3-5-12(11)15/h2-5,10H,6-9H2,1H3,(H,16,18). The second-order valence-corrected chi connectivity index (χ2v) is 4.66. The summed E-state index contributed by atoms with van der Waals surface area (Å²) in [6.45, 7) is 0.983. The molecule has 0 spiro atoms. The van der Waals surface area contributed by atoms with Crippen LogP contribution in [0.5, 0.6) is 0 Å². The van der Waals surface area contributed by atoms with Crippen molar-refractivity contribution >= 4 is 11.8 Å². The third kappa shape index (κ3) is 2.92. The molecule has 0 saturated carbocycles. The van der Waals surface area contributed by atoms with Crippen LogP contribution in [0.15, 0.2) is 24.3 Å². The zero-order chi connectivity index (χ0) is 13.8. The Bertz CT molecular complexity index is 482. The molecule has 5 heteroatoms. The van der Waals surface area contributed by atoms with Crippen molar-refractivity contribution in [2.24, 2.45) is 5.92 Å². The SMILES string of the molecule is CNC(=O)C1CCN(C(=O)c2ccccc2F)CC1. The fourth-order valence-electron chi connectivity index (χ4n) is 2.35. The van der Waals surface area contributed by atoms with Crippen molar-refractivity contribution in [2.45, 2.75) is 12.8 Å². The summed E-state index contributed by atoms with van der Waals surface area (Å²) in [5.41, 5.74) is 0.0980. The van der Waals surface area contributed by atoms with Crippen molar-refractivity contribution in [1.29, 1.82) is 0 Å². The maximum absolute atomic E-state index is 13.5. The third-order valence-electron chi connectivity index (χ3n) is 3.50. The Kier molecular flexibility index (Phi) is 4.14. The Morgan fingerprint density at radius 3 is 2.47 bits per heavy atom. The van der Waals surface area contributed by atoms with E-state index in [0.29, 0.717) is 25.9 Å². The minimum atomic E-state index is -0.499. The van der Waals surface area contributed by atoms with E-state index < -0.39 is 5.82 Å². The molecule has 0 aromatic heterocycles. The topological polar surface area (TPSA) is 49.4 Å². The van der Waals surface area contributed by atoms with Crippen LogP contribution in [0.4, 0.5) is 4.39 Å². The monoisotopic (exact) mass is 264 g/mol. The molecule has 2 rings (SSSR count). The quantitative estimate of drug-likeness (QED) is 0.878. The summed E-state index contributed by atoms with van der Waals surface area (Å²) in [5.74, 6) is -0.831. The smallest absolute Gasteiger partial charge is 0.256 e. The predicted molar refractivity (Wildman–Crippen MR) is 69.1 cm³/mol. The summed E-state index contributed by atoms with van der Waals surface area (Å²) in [7, 11) is 1.61. The first kappa shape index (κ1) is 13.5. The Morgan fingerprint density at radius 1 is 1.26 bits per heavy atom. The number of carbonyl (C=O) groups is 2. The fourth-order valence-corrected chi connectivity index (χ4v) is 2.35. The molecular weight excluding hydrogens is 247 g/mol. The van der Waals surface area contributed by atoms with E-state index in [-0.39, 0.29) is 23.3 Å². The van der Waals surface area contributed by atoms with E-state index in [1.54, 1.807) is 24.1 Å². The summed E-state index contributed by atoms with van der Waals surface area (Å²) in [6.07, 6.45) is 1.25. The van der Waals surface area contributed by atoms with Crippen molar-refractivity contribution in [2.75, 3.05) is 20.1 Å². The van der Waals surface area contributed by atoms with E-state index >= 15 is 0 Å². The van der Waals surface area contributed by atoms with Crippen molar-refractivity contribution in [3.8, 4) is 0 Å². The molecule has 0 aliphatic carbocycles. The zero-order valence-corrected chi connectivity index (χ0v) is 10.9. The van der Waals surface area contributed by atoms with Crippen LogP contribution in [0.25, 0.3) is 0 Å². The molecule has 1 fully saturated rings. The number of nitrogens with zero attached hydrogens (tertiary/aromatic N) is 1. The van der Waals surface area contributed by atoms with Crippen LogP contribution in [-0.4, -0.2) is 36.9 Å². The average molecular weight is 264 g/mol. The molecule has 1 saturated heterocycles. The molecule has 102 valence electrons. The van der Waals surface area contributed by atoms with Gasteiger partial charge in [0.1, 0.15) is 5.82 Å². The molecule has 1 aliphatic heterocycles. The van der Waals surface area contributed by atoms with E-state index in [1.807, 2.05) is 0 Å². The molecule has 0 atom stereocenters. The van der Waals surface area contributed by atoms with Gasteiger partial charge in [-0.3, -0.25) is 9.59 Å². The number of piperidine rings is 1. The van der Waals surface area contributed by atoms with Gasteiger partial charge in [0.15, 0.2) is 0 Å². The number of hydrogen-bond acceptors (Lipinski definition) is 2. The number of likely N-dealkylation sites (tertiary alicyclic amines) is 1. The average Bonchev–Trinajstić information content (AvgIpc) is 2.46. The molecule has 4 nitrogen and oxygen atoms in total. The van der Waals surface area contributed by atoms with Gasteiger partial charge in [-0.15, -0.1) is 0 Å². The minimum absolute atomic E-state index is 0.0120. The van der Waals surface area contributed by atoms with Crippen LogP contribution in [-0.2, 0) is 4.79 Å². The van der Waals surface area contributed by atoms with Gasteiger partial charge in [-0.25, -0.2) is 4.39 Å². The molecule has 1 heterocycles. The highest BCUT2D eigenvalue weighted by atomic mass is 19.1. The number of halogens is 1. The van der Waals surface area contributed by atoms with Crippen LogP contribution in [0, 0.1) is 11.7 Å². The minimum Gasteiger partial charge on any atom is -0.359 e. The van der Waals surface area contributed by atoms with E-state index in [0.717, 1.165) is 0 Å². The van der Waals surface area contributed by atoms with E-state index in [1.165, 1.54) is 12.1 Å². The second-order valence-electron chi connectivity index (χ2n) is 4.66. The highest BCUT2D eigenvalue weighted by Crippen LogP contribution is 2.20. The molecule has 1 aromatic carbocycles. The van der Waals surface area contributed by atoms with Crippen molar-refractivity contribution < 1.29 is 14.0 Å². The number of hydrogen-bond donors (Lipinski definition) is 1. The van der Waals surface area contributed by atoms with Gasteiger partial charge in [0.25, 0.3) is 5.91 Å². The highest BCUT2D eigenvalue weighted by molar-refractivity contribution is 5.94.